The lowest BCUT2D eigenvalue weighted by molar-refractivity contribution is -0.110. The van der Waals surface area contributed by atoms with Gasteiger partial charge in [-0.2, -0.15) is 5.10 Å². The molecule has 2 N–H and O–H groups in total. The number of aryl methyl sites for hydroxylation is 1. The fourth-order valence-corrected chi connectivity index (χ4v) is 5.47. The first-order valence-corrected chi connectivity index (χ1v) is 13.5. The van der Waals surface area contributed by atoms with E-state index in [1.807, 2.05) is 28.9 Å². The lowest BCUT2D eigenvalue weighted by Gasteiger charge is -2.37. The van der Waals surface area contributed by atoms with Crippen LogP contribution in [0.15, 0.2) is 48.5 Å². The van der Waals surface area contributed by atoms with E-state index in [-0.39, 0.29) is 0 Å². The Morgan fingerprint density at radius 3 is 2.53 bits per heavy atom. The number of halogens is 1. The summed E-state index contributed by atoms with van der Waals surface area (Å²) in [6, 6.07) is 16.1. The molecule has 2 aliphatic rings. The molecule has 2 aliphatic heterocycles. The summed E-state index contributed by atoms with van der Waals surface area (Å²) in [5.74, 6) is 0. The SMILES string of the molecule is CNC(=O)ON1CCc2c(c(-c3ccc(Cl)cc3)nn2CC(O)CN2CCN(c3ccccc3C)CC2)C1. The number of carbonyl (C=O) groups excluding carboxylic acids is 1. The summed E-state index contributed by atoms with van der Waals surface area (Å²) < 4.78 is 1.94. The van der Waals surface area contributed by atoms with E-state index >= 15 is 0 Å². The molecule has 3 aromatic rings. The van der Waals surface area contributed by atoms with Crippen LogP contribution < -0.4 is 10.2 Å². The molecule has 3 heterocycles. The molecule has 202 valence electrons. The number of hydrogen-bond donors (Lipinski definition) is 2. The zero-order valence-electron chi connectivity index (χ0n) is 21.9. The van der Waals surface area contributed by atoms with Crippen molar-refractivity contribution >= 4 is 23.4 Å². The fourth-order valence-electron chi connectivity index (χ4n) is 5.34. The average molecular weight is 539 g/mol. The van der Waals surface area contributed by atoms with Gasteiger partial charge in [0.1, 0.15) is 0 Å². The molecule has 9 nitrogen and oxygen atoms in total. The second kappa shape index (κ2) is 11.7. The number of benzene rings is 2. The number of rotatable bonds is 7. The van der Waals surface area contributed by atoms with Crippen LogP contribution in [0.4, 0.5) is 10.5 Å². The van der Waals surface area contributed by atoms with Crippen molar-refractivity contribution in [2.75, 3.05) is 51.2 Å². The Hall–Kier alpha value is -3.11. The first-order chi connectivity index (χ1) is 18.4. The van der Waals surface area contributed by atoms with Crippen LogP contribution in [0, 0.1) is 6.92 Å². The second-order valence-corrected chi connectivity index (χ2v) is 10.4. The van der Waals surface area contributed by atoms with Crippen molar-refractivity contribution in [1.29, 1.82) is 0 Å². The van der Waals surface area contributed by atoms with Crippen LogP contribution in [0.3, 0.4) is 0 Å². The summed E-state index contributed by atoms with van der Waals surface area (Å²) in [7, 11) is 1.54. The standard InChI is InChI=1S/C28H35ClN6O3/c1-20-5-3-4-6-25(20)33-15-13-32(14-16-33)17-23(36)18-35-26-11-12-34(38-28(37)30-2)19-24(26)27(31-35)21-7-9-22(29)10-8-21/h3-10,23,36H,11-19H2,1-2H3,(H,30,37). The number of amides is 1. The third-order valence-corrected chi connectivity index (χ3v) is 7.57. The van der Waals surface area contributed by atoms with E-state index < -0.39 is 12.2 Å². The number of anilines is 1. The van der Waals surface area contributed by atoms with Crippen LogP contribution in [0.2, 0.25) is 5.02 Å². The Labute approximate surface area is 228 Å². The smallest absolute Gasteiger partial charge is 0.390 e. The lowest BCUT2D eigenvalue weighted by atomic mass is 10.0. The molecule has 38 heavy (non-hydrogen) atoms. The number of piperazine rings is 1. The summed E-state index contributed by atoms with van der Waals surface area (Å²) in [6.45, 7) is 7.84. The Kier molecular flexibility index (Phi) is 8.18. The van der Waals surface area contributed by atoms with Crippen LogP contribution in [0.25, 0.3) is 11.3 Å². The number of hydrogen-bond acceptors (Lipinski definition) is 7. The molecular formula is C28H35ClN6O3. The number of fused-ring (bicyclic) bond motifs is 1. The van der Waals surface area contributed by atoms with Crippen LogP contribution in [-0.4, -0.2) is 83.4 Å². The molecule has 1 fully saturated rings. The quantitative estimate of drug-likeness (QED) is 0.477. The van der Waals surface area contributed by atoms with Gasteiger partial charge in [-0.15, -0.1) is 5.06 Å². The minimum atomic E-state index is -0.553. The highest BCUT2D eigenvalue weighted by Gasteiger charge is 2.29. The first-order valence-electron chi connectivity index (χ1n) is 13.1. The molecule has 1 saturated heterocycles. The van der Waals surface area contributed by atoms with Crippen molar-refractivity contribution in [3.05, 3.63) is 70.4 Å². The molecule has 0 aliphatic carbocycles. The average Bonchev–Trinajstić information content (AvgIpc) is 3.27. The van der Waals surface area contributed by atoms with E-state index in [1.165, 1.54) is 11.3 Å². The normalized spacial score (nSPS) is 17.2. The second-order valence-electron chi connectivity index (χ2n) is 9.93. The van der Waals surface area contributed by atoms with Gasteiger partial charge in [-0.25, -0.2) is 4.79 Å². The number of carbonyl (C=O) groups is 1. The van der Waals surface area contributed by atoms with Gasteiger partial charge in [-0.1, -0.05) is 41.9 Å². The summed E-state index contributed by atoms with van der Waals surface area (Å²) in [5, 5.41) is 20.8. The van der Waals surface area contributed by atoms with E-state index in [0.29, 0.717) is 37.6 Å². The third-order valence-electron chi connectivity index (χ3n) is 7.31. The molecule has 0 radical (unpaired) electrons. The largest absolute Gasteiger partial charge is 0.426 e. The molecule has 0 spiro atoms. The van der Waals surface area contributed by atoms with Crippen molar-refractivity contribution in [2.45, 2.75) is 32.5 Å². The molecule has 0 bridgehead atoms. The number of para-hydroxylation sites is 1. The maximum Gasteiger partial charge on any atom is 0.426 e. The van der Waals surface area contributed by atoms with Crippen molar-refractivity contribution in [3.8, 4) is 11.3 Å². The van der Waals surface area contributed by atoms with Gasteiger partial charge in [0.15, 0.2) is 0 Å². The van der Waals surface area contributed by atoms with Crippen molar-refractivity contribution in [3.63, 3.8) is 0 Å². The predicted octanol–water partition coefficient (Wildman–Crippen LogP) is 3.32. The van der Waals surface area contributed by atoms with Crippen LogP contribution in [0.5, 0.6) is 0 Å². The van der Waals surface area contributed by atoms with Crippen molar-refractivity contribution in [2.24, 2.45) is 0 Å². The van der Waals surface area contributed by atoms with Crippen LogP contribution >= 0.6 is 11.6 Å². The lowest BCUT2D eigenvalue weighted by Crippen LogP contribution is -2.49. The number of nitrogens with one attached hydrogen (secondary N) is 1. The van der Waals surface area contributed by atoms with Gasteiger partial charge in [0.25, 0.3) is 0 Å². The fraction of sp³-hybridized carbons (Fsp3) is 0.429. The molecule has 0 saturated carbocycles. The van der Waals surface area contributed by atoms with Crippen LogP contribution in [-0.2, 0) is 24.3 Å². The van der Waals surface area contributed by atoms with Gasteiger partial charge in [0, 0.05) is 80.3 Å². The van der Waals surface area contributed by atoms with Gasteiger partial charge in [0.05, 0.1) is 24.9 Å². The number of hydroxylamine groups is 2. The molecule has 1 aromatic heterocycles. The van der Waals surface area contributed by atoms with E-state index in [9.17, 15) is 9.90 Å². The molecule has 1 atom stereocenters. The maximum atomic E-state index is 11.8. The predicted molar refractivity (Wildman–Crippen MR) is 148 cm³/mol. The minimum absolute atomic E-state index is 0.407. The third kappa shape index (κ3) is 5.96. The first kappa shape index (κ1) is 26.5. The zero-order valence-corrected chi connectivity index (χ0v) is 22.7. The Morgan fingerprint density at radius 1 is 1.08 bits per heavy atom. The van der Waals surface area contributed by atoms with Gasteiger partial charge in [-0.3, -0.25) is 9.58 Å². The number of aliphatic hydroxyl groups excluding tert-OH is 1. The molecule has 2 aromatic carbocycles. The topological polar surface area (TPSA) is 86.1 Å². The number of β-amino-alcohol motifs (C(OH)–C–C–N with tert-alkyl or cyclic N) is 1. The summed E-state index contributed by atoms with van der Waals surface area (Å²) in [6.07, 6.45) is -0.386. The van der Waals surface area contributed by atoms with Gasteiger partial charge in [-0.05, 0) is 30.7 Å². The van der Waals surface area contributed by atoms with Crippen molar-refractivity contribution in [1.82, 2.24) is 25.1 Å². The van der Waals surface area contributed by atoms with Gasteiger partial charge >= 0.3 is 6.09 Å². The maximum absolute atomic E-state index is 11.8. The molecule has 5 rings (SSSR count). The number of nitrogens with zero attached hydrogens (tertiary/aromatic N) is 5. The van der Waals surface area contributed by atoms with Gasteiger partial charge in [0.2, 0.25) is 0 Å². The van der Waals surface area contributed by atoms with E-state index in [0.717, 1.165) is 48.7 Å². The monoisotopic (exact) mass is 538 g/mol. The summed E-state index contributed by atoms with van der Waals surface area (Å²) >= 11 is 6.12. The van der Waals surface area contributed by atoms with E-state index in [1.54, 1.807) is 12.1 Å². The molecule has 10 heteroatoms. The summed E-state index contributed by atoms with van der Waals surface area (Å²) in [5.41, 5.74) is 6.41. The minimum Gasteiger partial charge on any atom is -0.390 e. The Balaban J connectivity index is 1.27. The van der Waals surface area contributed by atoms with Crippen molar-refractivity contribution < 1.29 is 14.7 Å². The highest BCUT2D eigenvalue weighted by Crippen LogP contribution is 2.31. The number of aliphatic hydroxyl groups is 1. The Bertz CT molecular complexity index is 1260. The van der Waals surface area contributed by atoms with Gasteiger partial charge < -0.3 is 20.2 Å². The molecular weight excluding hydrogens is 504 g/mol. The molecule has 1 amide bonds. The molecule has 1 unspecified atom stereocenters. The zero-order chi connectivity index (χ0) is 26.6. The number of aromatic nitrogens is 2. The van der Waals surface area contributed by atoms with E-state index in [2.05, 4.69) is 46.3 Å². The van der Waals surface area contributed by atoms with Crippen LogP contribution in [0.1, 0.15) is 16.8 Å². The van der Waals surface area contributed by atoms with E-state index in [4.69, 9.17) is 21.5 Å². The Morgan fingerprint density at radius 2 is 1.82 bits per heavy atom. The highest BCUT2D eigenvalue weighted by molar-refractivity contribution is 6.30. The highest BCUT2D eigenvalue weighted by atomic mass is 35.5. The summed E-state index contributed by atoms with van der Waals surface area (Å²) in [4.78, 5) is 22.0.